The van der Waals surface area contributed by atoms with Crippen LogP contribution in [0, 0.1) is 0 Å². The van der Waals surface area contributed by atoms with Crippen LogP contribution >= 0.6 is 0 Å². The summed E-state index contributed by atoms with van der Waals surface area (Å²) in [5.41, 5.74) is 0. The molecule has 0 saturated heterocycles. The minimum Gasteiger partial charge on any atom is -0.228 e. The van der Waals surface area contributed by atoms with Gasteiger partial charge in [0.15, 0.2) is 0 Å². The van der Waals surface area contributed by atoms with Crippen molar-refractivity contribution in [3.63, 3.8) is 0 Å². The Balaban J connectivity index is 4.12. The molecule has 0 aliphatic heterocycles. The lowest BCUT2D eigenvalue weighted by atomic mass is 10.3. The summed E-state index contributed by atoms with van der Waals surface area (Å²) in [4.78, 5) is 0. The highest BCUT2D eigenvalue weighted by molar-refractivity contribution is 7.89. The van der Waals surface area contributed by atoms with Crippen LogP contribution < -0.4 is 5.14 Å². The quantitative estimate of drug-likeness (QED) is 0.620. The van der Waals surface area contributed by atoms with Gasteiger partial charge in [-0.05, 0) is 13.3 Å². The highest BCUT2D eigenvalue weighted by atomic mass is 32.2. The molecule has 0 amide bonds. The van der Waals surface area contributed by atoms with E-state index < -0.39 is 15.3 Å². The van der Waals surface area contributed by atoms with Crippen molar-refractivity contribution in [2.75, 3.05) is 0 Å². The number of rotatable bonds is 3. The van der Waals surface area contributed by atoms with Crippen LogP contribution in [-0.2, 0) is 10.0 Å². The molecule has 0 aromatic carbocycles. The number of hydrogen-bond donors (Lipinski definition) is 1. The second-order valence-electron chi connectivity index (χ2n) is 2.13. The molecule has 0 rings (SSSR count). The standard InChI is InChI=1S/C6H13NO2S/c1-3-4-5-6(2)10(7,8)9/h4-6H,3H2,1-2H3,(H2,7,8,9)/b5-4-. The van der Waals surface area contributed by atoms with E-state index in [0.717, 1.165) is 6.42 Å². The molecule has 1 unspecified atom stereocenters. The van der Waals surface area contributed by atoms with E-state index in [1.54, 1.807) is 19.1 Å². The van der Waals surface area contributed by atoms with Crippen LogP contribution in [0.3, 0.4) is 0 Å². The number of sulfonamides is 1. The van der Waals surface area contributed by atoms with E-state index >= 15 is 0 Å². The van der Waals surface area contributed by atoms with Gasteiger partial charge in [-0.15, -0.1) is 0 Å². The Hall–Kier alpha value is -0.350. The first-order valence-electron chi connectivity index (χ1n) is 3.16. The number of allylic oxidation sites excluding steroid dienone is 1. The van der Waals surface area contributed by atoms with Crippen LogP contribution in [0.1, 0.15) is 20.3 Å². The van der Waals surface area contributed by atoms with Gasteiger partial charge in [-0.1, -0.05) is 19.1 Å². The maximum atomic E-state index is 10.6. The van der Waals surface area contributed by atoms with Gasteiger partial charge in [0.1, 0.15) is 0 Å². The molecule has 60 valence electrons. The molecule has 0 aliphatic carbocycles. The largest absolute Gasteiger partial charge is 0.228 e. The molecule has 4 heteroatoms. The molecular weight excluding hydrogens is 150 g/mol. The van der Waals surface area contributed by atoms with Crippen molar-refractivity contribution in [2.24, 2.45) is 5.14 Å². The Kier molecular flexibility index (Phi) is 3.60. The monoisotopic (exact) mass is 163 g/mol. The zero-order valence-corrected chi connectivity index (χ0v) is 7.06. The molecule has 0 saturated carbocycles. The average Bonchev–Trinajstić information content (AvgIpc) is 1.80. The zero-order chi connectivity index (χ0) is 8.20. The molecule has 0 aromatic heterocycles. The van der Waals surface area contributed by atoms with Crippen LogP contribution in [0.4, 0.5) is 0 Å². The lowest BCUT2D eigenvalue weighted by molar-refractivity contribution is 0.593. The molecule has 1 atom stereocenters. The molecule has 10 heavy (non-hydrogen) atoms. The van der Waals surface area contributed by atoms with Crippen LogP contribution in [0.2, 0.25) is 0 Å². The second-order valence-corrected chi connectivity index (χ2v) is 4.05. The van der Waals surface area contributed by atoms with Crippen molar-refractivity contribution in [3.8, 4) is 0 Å². The SMILES string of the molecule is CC/C=C\C(C)S(N)(=O)=O. The zero-order valence-electron chi connectivity index (χ0n) is 6.24. The van der Waals surface area contributed by atoms with Gasteiger partial charge in [-0.2, -0.15) is 0 Å². The molecule has 3 nitrogen and oxygen atoms in total. The minimum atomic E-state index is -3.36. The summed E-state index contributed by atoms with van der Waals surface area (Å²) in [6.07, 6.45) is 4.21. The highest BCUT2D eigenvalue weighted by Crippen LogP contribution is 1.96. The Morgan fingerprint density at radius 2 is 2.10 bits per heavy atom. The van der Waals surface area contributed by atoms with Gasteiger partial charge >= 0.3 is 0 Å². The van der Waals surface area contributed by atoms with Gasteiger partial charge in [0.2, 0.25) is 10.0 Å². The van der Waals surface area contributed by atoms with E-state index in [2.05, 4.69) is 0 Å². The average molecular weight is 163 g/mol. The normalized spacial score (nSPS) is 15.9. The summed E-state index contributed by atoms with van der Waals surface area (Å²) in [6, 6.07) is 0. The first kappa shape index (κ1) is 9.65. The van der Waals surface area contributed by atoms with Gasteiger partial charge in [-0.25, -0.2) is 13.6 Å². The first-order chi connectivity index (χ1) is 4.48. The van der Waals surface area contributed by atoms with Crippen LogP contribution in [0.5, 0.6) is 0 Å². The predicted molar refractivity (Wildman–Crippen MR) is 42.0 cm³/mol. The van der Waals surface area contributed by atoms with Crippen molar-refractivity contribution >= 4 is 10.0 Å². The van der Waals surface area contributed by atoms with Gasteiger partial charge < -0.3 is 0 Å². The summed E-state index contributed by atoms with van der Waals surface area (Å²) in [5.74, 6) is 0. The van der Waals surface area contributed by atoms with E-state index in [9.17, 15) is 8.42 Å². The van der Waals surface area contributed by atoms with Crippen LogP contribution in [0.15, 0.2) is 12.2 Å². The molecule has 0 aromatic rings. The fourth-order valence-electron chi connectivity index (χ4n) is 0.437. The van der Waals surface area contributed by atoms with E-state index in [4.69, 9.17) is 5.14 Å². The maximum Gasteiger partial charge on any atom is 0.215 e. The predicted octanol–water partition coefficient (Wildman–Crippen LogP) is 0.630. The van der Waals surface area contributed by atoms with Crippen molar-refractivity contribution in [1.82, 2.24) is 0 Å². The lowest BCUT2D eigenvalue weighted by Gasteiger charge is -2.00. The summed E-state index contributed by atoms with van der Waals surface area (Å²) < 4.78 is 21.1. The van der Waals surface area contributed by atoms with Crippen molar-refractivity contribution in [1.29, 1.82) is 0 Å². The third-order valence-electron chi connectivity index (χ3n) is 1.16. The second kappa shape index (κ2) is 3.73. The maximum absolute atomic E-state index is 10.6. The highest BCUT2D eigenvalue weighted by Gasteiger charge is 2.09. The smallest absolute Gasteiger partial charge is 0.215 e. The summed E-state index contributed by atoms with van der Waals surface area (Å²) in [6.45, 7) is 3.49. The Labute approximate surface area is 62.0 Å². The van der Waals surface area contributed by atoms with Crippen LogP contribution in [0.25, 0.3) is 0 Å². The van der Waals surface area contributed by atoms with Gasteiger partial charge in [0, 0.05) is 0 Å². The van der Waals surface area contributed by atoms with E-state index in [1.165, 1.54) is 0 Å². The van der Waals surface area contributed by atoms with Gasteiger partial charge in [-0.3, -0.25) is 0 Å². The lowest BCUT2D eigenvalue weighted by Crippen LogP contribution is -2.23. The Bertz CT molecular complexity index is 206. The first-order valence-corrected chi connectivity index (χ1v) is 4.77. The van der Waals surface area contributed by atoms with Crippen LogP contribution in [-0.4, -0.2) is 13.7 Å². The van der Waals surface area contributed by atoms with E-state index in [-0.39, 0.29) is 0 Å². The third-order valence-corrected chi connectivity index (χ3v) is 2.35. The molecule has 0 heterocycles. The van der Waals surface area contributed by atoms with Crippen molar-refractivity contribution in [3.05, 3.63) is 12.2 Å². The Morgan fingerprint density at radius 1 is 1.60 bits per heavy atom. The molecule has 0 spiro atoms. The Morgan fingerprint density at radius 3 is 2.40 bits per heavy atom. The van der Waals surface area contributed by atoms with Gasteiger partial charge in [0.05, 0.1) is 5.25 Å². The topological polar surface area (TPSA) is 60.2 Å². The number of primary sulfonamides is 1. The van der Waals surface area contributed by atoms with Gasteiger partial charge in [0.25, 0.3) is 0 Å². The molecule has 0 aliphatic rings. The number of nitrogens with two attached hydrogens (primary N) is 1. The fourth-order valence-corrected chi connectivity index (χ4v) is 0.767. The van der Waals surface area contributed by atoms with Crippen molar-refractivity contribution < 1.29 is 8.42 Å². The van der Waals surface area contributed by atoms with Crippen molar-refractivity contribution in [2.45, 2.75) is 25.5 Å². The fraction of sp³-hybridized carbons (Fsp3) is 0.667. The molecule has 2 N–H and O–H groups in total. The minimum absolute atomic E-state index is 0.563. The van der Waals surface area contributed by atoms with E-state index in [1.807, 2.05) is 6.92 Å². The molecule has 0 bridgehead atoms. The molecule has 0 radical (unpaired) electrons. The summed E-state index contributed by atoms with van der Waals surface area (Å²) in [7, 11) is -3.36. The molecule has 0 fully saturated rings. The van der Waals surface area contributed by atoms with E-state index in [0.29, 0.717) is 0 Å². The molecular formula is C6H13NO2S. The number of hydrogen-bond acceptors (Lipinski definition) is 2. The summed E-state index contributed by atoms with van der Waals surface area (Å²) in [5, 5.41) is 4.28. The summed E-state index contributed by atoms with van der Waals surface area (Å²) >= 11 is 0. The third kappa shape index (κ3) is 3.63.